The number of nitrogens with one attached hydrogen (secondary N) is 1. The van der Waals surface area contributed by atoms with Gasteiger partial charge < -0.3 is 24.9 Å². The average Bonchev–Trinajstić information content (AvgIpc) is 2.97. The summed E-state index contributed by atoms with van der Waals surface area (Å²) in [5, 5.41) is 27.2. The number of phosphoric ester groups is 1. The molecule has 5 atom stereocenters. The Kier molecular flexibility index (Phi) is 6.88. The van der Waals surface area contributed by atoms with E-state index in [-0.39, 0.29) is 12.0 Å². The van der Waals surface area contributed by atoms with Crippen LogP contribution in [-0.2, 0) is 18.3 Å². The van der Waals surface area contributed by atoms with Crippen molar-refractivity contribution in [2.45, 2.75) is 37.9 Å². The highest BCUT2D eigenvalue weighted by molar-refractivity contribution is 7.47. The van der Waals surface area contributed by atoms with Crippen LogP contribution < -0.4 is 11.2 Å². The van der Waals surface area contributed by atoms with Gasteiger partial charge in [-0.3, -0.25) is 23.4 Å². The van der Waals surface area contributed by atoms with Crippen LogP contribution in [-0.4, -0.2) is 67.9 Å². The first-order valence-electron chi connectivity index (χ1n) is 7.70. The summed E-state index contributed by atoms with van der Waals surface area (Å²) < 4.78 is 28.0. The first kappa shape index (κ1) is 20.9. The topological polar surface area (TPSA) is 181 Å². The first-order valence-corrected chi connectivity index (χ1v) is 9.19. The quantitative estimate of drug-likeness (QED) is 0.308. The molecule has 0 bridgehead atoms. The third-order valence-corrected chi connectivity index (χ3v) is 4.74. The van der Waals surface area contributed by atoms with Crippen molar-refractivity contribution < 1.29 is 38.6 Å². The van der Waals surface area contributed by atoms with E-state index in [0.29, 0.717) is 0 Å². The molecule has 148 valence electrons. The highest BCUT2D eigenvalue weighted by atomic mass is 31.2. The minimum absolute atomic E-state index is 0.0763. The van der Waals surface area contributed by atoms with E-state index in [0.717, 1.165) is 4.57 Å². The summed E-state index contributed by atoms with van der Waals surface area (Å²) in [6.07, 6.45) is -3.22. The van der Waals surface area contributed by atoms with E-state index in [1.807, 2.05) is 0 Å². The summed E-state index contributed by atoms with van der Waals surface area (Å²) in [4.78, 5) is 35.1. The molecule has 13 heteroatoms. The van der Waals surface area contributed by atoms with Gasteiger partial charge in [-0.2, -0.15) is 0 Å². The summed E-state index contributed by atoms with van der Waals surface area (Å²) in [7, 11) is -4.61. The van der Waals surface area contributed by atoms with E-state index in [9.17, 15) is 24.2 Å². The number of aliphatic hydroxyl groups excluding tert-OH is 3. The number of phosphoric acid groups is 1. The lowest BCUT2D eigenvalue weighted by Gasteiger charge is -2.20. The molecule has 2 rings (SSSR count). The highest BCUT2D eigenvalue weighted by Crippen LogP contribution is 2.48. The zero-order valence-corrected chi connectivity index (χ0v) is 14.7. The van der Waals surface area contributed by atoms with Crippen LogP contribution in [0.1, 0.15) is 18.2 Å². The molecule has 0 spiro atoms. The van der Waals surface area contributed by atoms with Crippen molar-refractivity contribution >= 4 is 7.82 Å². The van der Waals surface area contributed by atoms with Crippen LogP contribution in [0.5, 0.6) is 0 Å². The molecule has 0 radical (unpaired) electrons. The van der Waals surface area contributed by atoms with Gasteiger partial charge in [-0.25, -0.2) is 9.36 Å². The average molecular weight is 396 g/mol. The molecule has 1 aliphatic rings. The first-order chi connectivity index (χ1) is 12.2. The third-order valence-electron chi connectivity index (χ3n) is 3.73. The van der Waals surface area contributed by atoms with Crippen molar-refractivity contribution in [1.82, 2.24) is 9.55 Å². The molecule has 1 aliphatic heterocycles. The zero-order chi connectivity index (χ0) is 19.5. The van der Waals surface area contributed by atoms with Crippen molar-refractivity contribution in [2.24, 2.45) is 0 Å². The Hall–Kier alpha value is -1.37. The number of ether oxygens (including phenoxy) is 1. The van der Waals surface area contributed by atoms with Crippen LogP contribution in [0.3, 0.4) is 0 Å². The Morgan fingerprint density at radius 2 is 2.15 bits per heavy atom. The second-order valence-corrected chi connectivity index (χ2v) is 7.18. The number of aryl methyl sites for hydroxylation is 1. The number of aliphatic hydroxyl groups is 3. The highest BCUT2D eigenvalue weighted by Gasteiger charge is 2.41. The maximum Gasteiger partial charge on any atom is 0.472 e. The molecule has 0 aromatic carbocycles. The lowest BCUT2D eigenvalue weighted by molar-refractivity contribution is -0.0479. The van der Waals surface area contributed by atoms with E-state index in [4.69, 9.17) is 19.5 Å². The molecule has 1 saturated heterocycles. The van der Waals surface area contributed by atoms with Crippen molar-refractivity contribution in [3.05, 3.63) is 32.6 Å². The predicted molar refractivity (Wildman–Crippen MR) is 85.4 cm³/mol. The number of hydrogen-bond acceptors (Lipinski definition) is 9. The van der Waals surface area contributed by atoms with Crippen LogP contribution >= 0.6 is 7.82 Å². The van der Waals surface area contributed by atoms with Crippen LogP contribution in [0.25, 0.3) is 0 Å². The smallest absolute Gasteiger partial charge is 0.394 e. The van der Waals surface area contributed by atoms with Crippen molar-refractivity contribution in [2.75, 3.05) is 19.8 Å². The van der Waals surface area contributed by atoms with Crippen LogP contribution in [0, 0.1) is 6.92 Å². The number of H-pyrrole nitrogens is 1. The van der Waals surface area contributed by atoms with E-state index >= 15 is 0 Å². The molecule has 1 aromatic heterocycles. The van der Waals surface area contributed by atoms with Crippen LogP contribution in [0.2, 0.25) is 0 Å². The van der Waals surface area contributed by atoms with E-state index < -0.39 is 63.4 Å². The lowest BCUT2D eigenvalue weighted by atomic mass is 10.2. The Bertz CT molecular complexity index is 777. The maximum absolute atomic E-state index is 11.9. The van der Waals surface area contributed by atoms with Gasteiger partial charge in [0.05, 0.1) is 19.8 Å². The molecule has 5 N–H and O–H groups in total. The molecule has 0 saturated carbocycles. The molecule has 26 heavy (non-hydrogen) atoms. The number of nitrogens with zero attached hydrogens (tertiary/aromatic N) is 1. The molecule has 1 aromatic rings. The van der Waals surface area contributed by atoms with Gasteiger partial charge in [0.2, 0.25) is 0 Å². The summed E-state index contributed by atoms with van der Waals surface area (Å²) in [5.74, 6) is 0. The lowest BCUT2D eigenvalue weighted by Crippen LogP contribution is -2.33. The molecular formula is C13H21N2O10P. The second kappa shape index (κ2) is 8.55. The van der Waals surface area contributed by atoms with Gasteiger partial charge >= 0.3 is 13.5 Å². The molecule has 1 fully saturated rings. The van der Waals surface area contributed by atoms with Crippen molar-refractivity contribution in [3.63, 3.8) is 0 Å². The SMILES string of the molecule is Cc1cn([C@H]2C[C@H](OP(=O)(O)OC[C@H](O)CO)[C@@H](CO)O2)c(=O)[nH]c1=O. The third kappa shape index (κ3) is 5.09. The molecule has 0 aliphatic carbocycles. The van der Waals surface area contributed by atoms with Gasteiger partial charge in [0, 0.05) is 18.2 Å². The second-order valence-electron chi connectivity index (χ2n) is 5.77. The maximum atomic E-state index is 11.9. The Morgan fingerprint density at radius 3 is 2.77 bits per heavy atom. The minimum atomic E-state index is -4.61. The summed E-state index contributed by atoms with van der Waals surface area (Å²) in [6, 6.07) is 0. The molecule has 2 heterocycles. The van der Waals surface area contributed by atoms with Gasteiger partial charge in [0.15, 0.2) is 0 Å². The van der Waals surface area contributed by atoms with E-state index in [2.05, 4.69) is 9.51 Å². The summed E-state index contributed by atoms with van der Waals surface area (Å²) in [5.41, 5.74) is -1.03. The molecule has 0 amide bonds. The van der Waals surface area contributed by atoms with E-state index in [1.165, 1.54) is 13.1 Å². The fourth-order valence-corrected chi connectivity index (χ4v) is 3.37. The normalized spacial score (nSPS) is 26.6. The molecular weight excluding hydrogens is 375 g/mol. The largest absolute Gasteiger partial charge is 0.472 e. The van der Waals surface area contributed by atoms with Crippen molar-refractivity contribution in [1.29, 1.82) is 0 Å². The number of aromatic nitrogens is 2. The number of aromatic amines is 1. The predicted octanol–water partition coefficient (Wildman–Crippen LogP) is -2.02. The van der Waals surface area contributed by atoms with Crippen molar-refractivity contribution in [3.8, 4) is 0 Å². The minimum Gasteiger partial charge on any atom is -0.394 e. The standard InChI is InChI=1S/C13H21N2O10P/c1-7-3-15(13(20)14-12(7)19)11-2-9(10(5-17)24-11)25-26(21,22)23-6-8(18)4-16/h3,8-11,16-18H,2,4-6H2,1H3,(H,21,22)(H,14,19,20)/t8-,9+,10-,11-/m1/s1. The van der Waals surface area contributed by atoms with Gasteiger partial charge in [0.1, 0.15) is 24.5 Å². The van der Waals surface area contributed by atoms with Gasteiger partial charge in [0.25, 0.3) is 5.56 Å². The fourth-order valence-electron chi connectivity index (χ4n) is 2.38. The van der Waals surface area contributed by atoms with Gasteiger partial charge in [-0.05, 0) is 6.92 Å². The molecule has 1 unspecified atom stereocenters. The van der Waals surface area contributed by atoms with Gasteiger partial charge in [-0.15, -0.1) is 0 Å². The zero-order valence-electron chi connectivity index (χ0n) is 13.8. The Labute approximate surface area is 147 Å². The summed E-state index contributed by atoms with van der Waals surface area (Å²) in [6.45, 7) is -0.368. The van der Waals surface area contributed by atoms with Crippen LogP contribution in [0.15, 0.2) is 15.8 Å². The molecule has 12 nitrogen and oxygen atoms in total. The van der Waals surface area contributed by atoms with Crippen LogP contribution in [0.4, 0.5) is 0 Å². The van der Waals surface area contributed by atoms with Gasteiger partial charge in [-0.1, -0.05) is 0 Å². The Balaban J connectivity index is 2.12. The number of hydrogen-bond donors (Lipinski definition) is 5. The van der Waals surface area contributed by atoms with E-state index in [1.54, 1.807) is 0 Å². The fraction of sp³-hybridized carbons (Fsp3) is 0.692. The number of rotatable bonds is 8. The Morgan fingerprint density at radius 1 is 1.46 bits per heavy atom. The summed E-state index contributed by atoms with van der Waals surface area (Å²) >= 11 is 0. The monoisotopic (exact) mass is 396 g/mol.